The molecule has 0 aliphatic carbocycles. The van der Waals surface area contributed by atoms with E-state index in [-0.39, 0.29) is 17.9 Å². The maximum absolute atomic E-state index is 12.2. The summed E-state index contributed by atoms with van der Waals surface area (Å²) in [7, 11) is 1.77. The molecule has 1 aromatic rings. The van der Waals surface area contributed by atoms with Gasteiger partial charge in [-0.1, -0.05) is 37.6 Å². The van der Waals surface area contributed by atoms with Crippen LogP contribution in [0.3, 0.4) is 0 Å². The van der Waals surface area contributed by atoms with E-state index in [1.807, 2.05) is 45.0 Å². The predicted octanol–water partition coefficient (Wildman–Crippen LogP) is 2.84. The largest absolute Gasteiger partial charge is 0.338 e. The van der Waals surface area contributed by atoms with Crippen LogP contribution in [0.2, 0.25) is 5.02 Å². The molecule has 2 atom stereocenters. The Morgan fingerprint density at radius 3 is 2.44 bits per heavy atom. The Balaban J connectivity index is 2.84. The van der Waals surface area contributed by atoms with Gasteiger partial charge in [-0.15, -0.1) is 0 Å². The summed E-state index contributed by atoms with van der Waals surface area (Å²) in [5, 5.41) is 0.674. The molecule has 1 aromatic carbocycles. The molecule has 2 N–H and O–H groups in total. The van der Waals surface area contributed by atoms with Crippen molar-refractivity contribution in [2.75, 3.05) is 7.05 Å². The van der Waals surface area contributed by atoms with Crippen molar-refractivity contribution in [3.8, 4) is 0 Å². The monoisotopic (exact) mass is 268 g/mol. The summed E-state index contributed by atoms with van der Waals surface area (Å²) >= 11 is 5.96. The third kappa shape index (κ3) is 3.47. The number of amides is 1. The molecule has 0 spiro atoms. The fourth-order valence-corrected chi connectivity index (χ4v) is 1.90. The zero-order valence-electron chi connectivity index (χ0n) is 11.4. The second-order valence-corrected chi connectivity index (χ2v) is 5.39. The van der Waals surface area contributed by atoms with E-state index < -0.39 is 6.04 Å². The van der Waals surface area contributed by atoms with Gasteiger partial charge in [0, 0.05) is 12.1 Å². The third-order valence-corrected chi connectivity index (χ3v) is 3.50. The molecule has 1 rings (SSSR count). The van der Waals surface area contributed by atoms with Gasteiger partial charge in [0.15, 0.2) is 0 Å². The van der Waals surface area contributed by atoms with Gasteiger partial charge in [-0.05, 0) is 30.5 Å². The lowest BCUT2D eigenvalue weighted by Gasteiger charge is -2.29. The maximum Gasteiger partial charge on any atom is 0.239 e. The minimum absolute atomic E-state index is 0.0407. The molecule has 0 bridgehead atoms. The fraction of sp³-hybridized carbons (Fsp3) is 0.500. The van der Waals surface area contributed by atoms with Crippen molar-refractivity contribution in [3.63, 3.8) is 0 Å². The van der Waals surface area contributed by atoms with Gasteiger partial charge in [0.05, 0.1) is 12.1 Å². The zero-order chi connectivity index (χ0) is 13.9. The number of benzene rings is 1. The number of hydrogen-bond acceptors (Lipinski definition) is 2. The minimum atomic E-state index is -0.461. The Morgan fingerprint density at radius 1 is 1.33 bits per heavy atom. The molecule has 0 aromatic heterocycles. The van der Waals surface area contributed by atoms with Gasteiger partial charge >= 0.3 is 0 Å². The summed E-state index contributed by atoms with van der Waals surface area (Å²) < 4.78 is 0. The highest BCUT2D eigenvalue weighted by atomic mass is 35.5. The number of nitrogens with two attached hydrogens (primary N) is 1. The van der Waals surface area contributed by atoms with E-state index in [0.717, 1.165) is 5.56 Å². The molecule has 0 aliphatic heterocycles. The molecule has 100 valence electrons. The Hall–Kier alpha value is -1.06. The van der Waals surface area contributed by atoms with E-state index in [9.17, 15) is 4.79 Å². The molecule has 1 amide bonds. The Bertz CT molecular complexity index is 420. The molecule has 3 nitrogen and oxygen atoms in total. The van der Waals surface area contributed by atoms with Crippen LogP contribution in [0.25, 0.3) is 0 Å². The smallest absolute Gasteiger partial charge is 0.239 e. The molecular weight excluding hydrogens is 248 g/mol. The van der Waals surface area contributed by atoms with Gasteiger partial charge in [0.2, 0.25) is 5.91 Å². The lowest BCUT2D eigenvalue weighted by molar-refractivity contribution is -0.134. The van der Waals surface area contributed by atoms with Crippen LogP contribution < -0.4 is 5.73 Å². The van der Waals surface area contributed by atoms with Crippen molar-refractivity contribution in [2.45, 2.75) is 32.9 Å². The van der Waals surface area contributed by atoms with Crippen LogP contribution in [0.4, 0.5) is 0 Å². The molecule has 0 aliphatic rings. The molecule has 4 heteroatoms. The first-order valence-electron chi connectivity index (χ1n) is 6.12. The highest BCUT2D eigenvalue weighted by Crippen LogP contribution is 2.22. The maximum atomic E-state index is 12.2. The summed E-state index contributed by atoms with van der Waals surface area (Å²) in [6, 6.07) is 7.03. The van der Waals surface area contributed by atoms with Gasteiger partial charge < -0.3 is 10.6 Å². The average Bonchev–Trinajstić information content (AvgIpc) is 2.35. The van der Waals surface area contributed by atoms with E-state index >= 15 is 0 Å². The van der Waals surface area contributed by atoms with Crippen LogP contribution >= 0.6 is 11.6 Å². The standard InChI is InChI=1S/C14H21ClN2O/c1-9(2)13(16)14(18)17(4)10(3)11-6-5-7-12(15)8-11/h5-10,13H,16H2,1-4H3/t10-,13-/m0/s1. The second-order valence-electron chi connectivity index (χ2n) is 4.95. The number of hydrogen-bond donors (Lipinski definition) is 1. The summed E-state index contributed by atoms with van der Waals surface area (Å²) in [6.07, 6.45) is 0. The van der Waals surface area contributed by atoms with Crippen LogP contribution in [-0.4, -0.2) is 23.9 Å². The van der Waals surface area contributed by atoms with Gasteiger partial charge in [-0.3, -0.25) is 4.79 Å². The van der Waals surface area contributed by atoms with Gasteiger partial charge in [-0.25, -0.2) is 0 Å². The van der Waals surface area contributed by atoms with Crippen molar-refractivity contribution in [2.24, 2.45) is 11.7 Å². The van der Waals surface area contributed by atoms with Crippen molar-refractivity contribution in [3.05, 3.63) is 34.9 Å². The van der Waals surface area contributed by atoms with Crippen LogP contribution in [-0.2, 0) is 4.79 Å². The molecular formula is C14H21ClN2O. The van der Waals surface area contributed by atoms with E-state index in [0.29, 0.717) is 5.02 Å². The van der Waals surface area contributed by atoms with Crippen LogP contribution in [0.5, 0.6) is 0 Å². The molecule has 0 heterocycles. The topological polar surface area (TPSA) is 46.3 Å². The molecule has 0 saturated carbocycles. The fourth-order valence-electron chi connectivity index (χ4n) is 1.70. The van der Waals surface area contributed by atoms with Crippen molar-refractivity contribution in [1.29, 1.82) is 0 Å². The van der Waals surface area contributed by atoms with E-state index in [2.05, 4.69) is 0 Å². The molecule has 0 radical (unpaired) electrons. The number of halogens is 1. The van der Waals surface area contributed by atoms with Gasteiger partial charge in [0.25, 0.3) is 0 Å². The summed E-state index contributed by atoms with van der Waals surface area (Å²) in [6.45, 7) is 5.86. The first-order valence-corrected chi connectivity index (χ1v) is 6.50. The highest BCUT2D eigenvalue weighted by Gasteiger charge is 2.24. The van der Waals surface area contributed by atoms with Gasteiger partial charge in [0.1, 0.15) is 0 Å². The number of rotatable bonds is 4. The van der Waals surface area contributed by atoms with Crippen molar-refractivity contribution >= 4 is 17.5 Å². The normalized spacial score (nSPS) is 14.4. The van der Waals surface area contributed by atoms with Crippen molar-refractivity contribution in [1.82, 2.24) is 4.90 Å². The highest BCUT2D eigenvalue weighted by molar-refractivity contribution is 6.30. The average molecular weight is 269 g/mol. The SMILES string of the molecule is CC(C)[C@H](N)C(=O)N(C)[C@@H](C)c1cccc(Cl)c1. The Morgan fingerprint density at radius 2 is 1.94 bits per heavy atom. The van der Waals surface area contributed by atoms with Crippen LogP contribution in [0.1, 0.15) is 32.4 Å². The van der Waals surface area contributed by atoms with Crippen LogP contribution in [0, 0.1) is 5.92 Å². The summed E-state index contributed by atoms with van der Waals surface area (Å²) in [5.41, 5.74) is 6.90. The first kappa shape index (κ1) is 15.0. The number of carbonyl (C=O) groups excluding carboxylic acids is 1. The lowest BCUT2D eigenvalue weighted by atomic mass is 10.0. The molecule has 0 fully saturated rings. The quantitative estimate of drug-likeness (QED) is 0.913. The van der Waals surface area contributed by atoms with E-state index in [1.54, 1.807) is 11.9 Å². The molecule has 0 saturated heterocycles. The third-order valence-electron chi connectivity index (χ3n) is 3.26. The minimum Gasteiger partial charge on any atom is -0.338 e. The second kappa shape index (κ2) is 6.21. The van der Waals surface area contributed by atoms with E-state index in [1.165, 1.54) is 0 Å². The number of carbonyl (C=O) groups is 1. The summed E-state index contributed by atoms with van der Waals surface area (Å²) in [4.78, 5) is 13.8. The lowest BCUT2D eigenvalue weighted by Crippen LogP contribution is -2.45. The van der Waals surface area contributed by atoms with Gasteiger partial charge in [-0.2, -0.15) is 0 Å². The Labute approximate surface area is 114 Å². The molecule has 0 unspecified atom stereocenters. The molecule has 18 heavy (non-hydrogen) atoms. The summed E-state index contributed by atoms with van der Waals surface area (Å²) in [5.74, 6) is 0.0870. The predicted molar refractivity (Wildman–Crippen MR) is 75.5 cm³/mol. The Kier molecular flexibility index (Phi) is 5.17. The zero-order valence-corrected chi connectivity index (χ0v) is 12.1. The first-order chi connectivity index (χ1) is 8.34. The number of likely N-dealkylation sites (N-methyl/N-ethyl adjacent to an activating group) is 1. The van der Waals surface area contributed by atoms with E-state index in [4.69, 9.17) is 17.3 Å². The van der Waals surface area contributed by atoms with Crippen LogP contribution in [0.15, 0.2) is 24.3 Å². The van der Waals surface area contributed by atoms with Crippen molar-refractivity contribution < 1.29 is 4.79 Å². The number of nitrogens with zero attached hydrogens (tertiary/aromatic N) is 1.